The Balaban J connectivity index is 1.82. The van der Waals surface area contributed by atoms with Crippen LogP contribution in [0.4, 0.5) is 9.80 Å². The van der Waals surface area contributed by atoms with E-state index in [0.29, 0.717) is 47.3 Å². The number of benzene rings is 1. The number of carbonyl (C=O) groups is 3. The lowest BCUT2D eigenvalue weighted by atomic mass is 10.0. The number of ether oxygens (including phenoxy) is 2. The third-order valence-corrected chi connectivity index (χ3v) is 6.01. The monoisotopic (exact) mass is 448 g/mol. The molecule has 0 atom stereocenters. The lowest BCUT2D eigenvalue weighted by Gasteiger charge is -2.26. The van der Waals surface area contributed by atoms with Crippen molar-refractivity contribution in [2.24, 2.45) is 0 Å². The molecule has 1 aromatic heterocycles. The van der Waals surface area contributed by atoms with Crippen molar-refractivity contribution in [1.29, 1.82) is 0 Å². The van der Waals surface area contributed by atoms with Gasteiger partial charge in [0.1, 0.15) is 5.00 Å². The number of rotatable bonds is 5. The number of halogens is 1. The number of carbonyl (C=O) groups excluding carboxylic acids is 3. The molecular weight excluding hydrogens is 428 g/mol. The van der Waals surface area contributed by atoms with Gasteiger partial charge in [-0.1, -0.05) is 29.8 Å². The first-order valence-corrected chi connectivity index (χ1v) is 10.5. The fourth-order valence-corrected chi connectivity index (χ4v) is 4.56. The fraction of sp³-hybridized carbons (Fsp3) is 0.286. The van der Waals surface area contributed by atoms with Gasteiger partial charge in [-0.2, -0.15) is 0 Å². The molecule has 1 aromatic carbocycles. The number of nitrogens with one attached hydrogen (secondary N) is 1. The van der Waals surface area contributed by atoms with E-state index in [1.165, 1.54) is 24.5 Å². The fourth-order valence-electron chi connectivity index (χ4n) is 3.11. The molecule has 0 saturated carbocycles. The summed E-state index contributed by atoms with van der Waals surface area (Å²) in [6.45, 7) is 2.77. The predicted molar refractivity (Wildman–Crippen MR) is 116 cm³/mol. The van der Waals surface area contributed by atoms with Crippen LogP contribution in [0.5, 0.6) is 0 Å². The van der Waals surface area contributed by atoms with Crippen LogP contribution in [-0.4, -0.2) is 43.1 Å². The van der Waals surface area contributed by atoms with Gasteiger partial charge in [0.15, 0.2) is 0 Å². The minimum atomic E-state index is -0.525. The standard InChI is InChI=1S/C21H21ClN2O5S/c1-3-29-21(27)24-11-10-14-16(12-24)30-19(18(14)20(26)28-2)23-17(25)9-8-13-6-4-5-7-15(13)22/h4-9H,3,10-12H2,1-2H3,(H,23,25). The van der Waals surface area contributed by atoms with Gasteiger partial charge in [0, 0.05) is 22.5 Å². The third kappa shape index (κ3) is 4.83. The van der Waals surface area contributed by atoms with Crippen LogP contribution in [-0.2, 0) is 27.2 Å². The summed E-state index contributed by atoms with van der Waals surface area (Å²) in [5.41, 5.74) is 1.83. The quantitative estimate of drug-likeness (QED) is 0.542. The SMILES string of the molecule is CCOC(=O)N1CCc2c(sc(NC(=O)C=Cc3ccccc3Cl)c2C(=O)OC)C1. The van der Waals surface area contributed by atoms with E-state index in [1.54, 1.807) is 36.1 Å². The van der Waals surface area contributed by atoms with E-state index in [9.17, 15) is 14.4 Å². The van der Waals surface area contributed by atoms with Gasteiger partial charge in [-0.05, 0) is 36.6 Å². The summed E-state index contributed by atoms with van der Waals surface area (Å²) >= 11 is 7.36. The van der Waals surface area contributed by atoms with Crippen LogP contribution in [0.25, 0.3) is 6.08 Å². The molecule has 0 bridgehead atoms. The first-order chi connectivity index (χ1) is 14.4. The Kier molecular flexibility index (Phi) is 7.12. The van der Waals surface area contributed by atoms with E-state index in [1.807, 2.05) is 6.07 Å². The number of amides is 2. The van der Waals surface area contributed by atoms with Crippen LogP contribution in [0.15, 0.2) is 30.3 Å². The van der Waals surface area contributed by atoms with E-state index in [0.717, 1.165) is 10.4 Å². The molecule has 1 N–H and O–H groups in total. The molecule has 1 aliphatic rings. The van der Waals surface area contributed by atoms with E-state index in [2.05, 4.69) is 5.32 Å². The second kappa shape index (κ2) is 9.77. The molecular formula is C21H21ClN2O5S. The van der Waals surface area contributed by atoms with Crippen LogP contribution < -0.4 is 5.32 Å². The van der Waals surface area contributed by atoms with Crippen molar-refractivity contribution in [2.45, 2.75) is 19.9 Å². The van der Waals surface area contributed by atoms with Gasteiger partial charge in [-0.15, -0.1) is 11.3 Å². The maximum atomic E-state index is 12.5. The van der Waals surface area contributed by atoms with Gasteiger partial charge < -0.3 is 19.7 Å². The van der Waals surface area contributed by atoms with Gasteiger partial charge >= 0.3 is 12.1 Å². The second-order valence-electron chi connectivity index (χ2n) is 6.41. The average molecular weight is 449 g/mol. The highest BCUT2D eigenvalue weighted by Crippen LogP contribution is 2.37. The highest BCUT2D eigenvalue weighted by Gasteiger charge is 2.31. The number of nitrogens with zero attached hydrogens (tertiary/aromatic N) is 1. The molecule has 30 heavy (non-hydrogen) atoms. The van der Waals surface area contributed by atoms with Crippen molar-refractivity contribution in [2.75, 3.05) is 25.6 Å². The number of hydrogen-bond donors (Lipinski definition) is 1. The van der Waals surface area contributed by atoms with Crippen LogP contribution in [0.1, 0.15) is 33.3 Å². The van der Waals surface area contributed by atoms with Crippen molar-refractivity contribution >= 4 is 52.0 Å². The molecule has 2 amide bonds. The van der Waals surface area contributed by atoms with Crippen LogP contribution in [0, 0.1) is 0 Å². The molecule has 9 heteroatoms. The number of esters is 1. The number of thiophene rings is 1. The zero-order valence-electron chi connectivity index (χ0n) is 16.6. The highest BCUT2D eigenvalue weighted by atomic mass is 35.5. The molecule has 2 aromatic rings. The molecule has 0 radical (unpaired) electrons. The minimum absolute atomic E-state index is 0.291. The highest BCUT2D eigenvalue weighted by molar-refractivity contribution is 7.17. The Bertz CT molecular complexity index is 1000. The summed E-state index contributed by atoms with van der Waals surface area (Å²) in [5.74, 6) is -0.927. The lowest BCUT2D eigenvalue weighted by Crippen LogP contribution is -2.36. The van der Waals surface area contributed by atoms with E-state index in [-0.39, 0.29) is 0 Å². The zero-order chi connectivity index (χ0) is 21.7. The normalized spacial score (nSPS) is 13.1. The second-order valence-corrected chi connectivity index (χ2v) is 7.93. The molecule has 0 aliphatic carbocycles. The number of hydrogen-bond acceptors (Lipinski definition) is 6. The van der Waals surface area contributed by atoms with E-state index in [4.69, 9.17) is 21.1 Å². The van der Waals surface area contributed by atoms with Crippen molar-refractivity contribution in [1.82, 2.24) is 4.90 Å². The van der Waals surface area contributed by atoms with Gasteiger partial charge in [0.05, 0.1) is 25.8 Å². The smallest absolute Gasteiger partial charge is 0.410 e. The molecule has 2 heterocycles. The summed E-state index contributed by atoms with van der Waals surface area (Å²) in [6, 6.07) is 7.15. The van der Waals surface area contributed by atoms with E-state index < -0.39 is 18.0 Å². The molecule has 158 valence electrons. The molecule has 3 rings (SSSR count). The zero-order valence-corrected chi connectivity index (χ0v) is 18.1. The van der Waals surface area contributed by atoms with Crippen molar-refractivity contribution in [3.8, 4) is 0 Å². The Morgan fingerprint density at radius 1 is 1.30 bits per heavy atom. The summed E-state index contributed by atoms with van der Waals surface area (Å²) in [4.78, 5) is 39.3. The Hall–Kier alpha value is -2.84. The first-order valence-electron chi connectivity index (χ1n) is 9.32. The average Bonchev–Trinajstić information content (AvgIpc) is 3.09. The minimum Gasteiger partial charge on any atom is -0.465 e. The van der Waals surface area contributed by atoms with Gasteiger partial charge in [-0.3, -0.25) is 4.79 Å². The van der Waals surface area contributed by atoms with Gasteiger partial charge in [0.25, 0.3) is 0 Å². The molecule has 0 saturated heterocycles. The van der Waals surface area contributed by atoms with E-state index >= 15 is 0 Å². The van der Waals surface area contributed by atoms with Crippen molar-refractivity contribution in [3.05, 3.63) is 56.9 Å². The van der Waals surface area contributed by atoms with Gasteiger partial charge in [-0.25, -0.2) is 9.59 Å². The summed E-state index contributed by atoms with van der Waals surface area (Å²) < 4.78 is 9.98. The maximum absolute atomic E-state index is 12.5. The van der Waals surface area contributed by atoms with Crippen LogP contribution >= 0.6 is 22.9 Å². The van der Waals surface area contributed by atoms with Crippen molar-refractivity contribution < 1.29 is 23.9 Å². The molecule has 0 unspecified atom stereocenters. The molecule has 1 aliphatic heterocycles. The topological polar surface area (TPSA) is 84.9 Å². The summed E-state index contributed by atoms with van der Waals surface area (Å²) in [5, 5.41) is 3.68. The lowest BCUT2D eigenvalue weighted by molar-refractivity contribution is -0.111. The maximum Gasteiger partial charge on any atom is 0.410 e. The number of methoxy groups -OCH3 is 1. The van der Waals surface area contributed by atoms with Crippen molar-refractivity contribution in [3.63, 3.8) is 0 Å². The molecule has 0 spiro atoms. The summed E-state index contributed by atoms with van der Waals surface area (Å²) in [7, 11) is 1.29. The predicted octanol–water partition coefficient (Wildman–Crippen LogP) is 4.35. The first kappa shape index (κ1) is 21.9. The van der Waals surface area contributed by atoms with Crippen LogP contribution in [0.2, 0.25) is 5.02 Å². The molecule has 7 nitrogen and oxygen atoms in total. The number of anilines is 1. The molecule has 0 fully saturated rings. The van der Waals surface area contributed by atoms with Gasteiger partial charge in [0.2, 0.25) is 5.91 Å². The Labute approximate surface area is 183 Å². The largest absolute Gasteiger partial charge is 0.465 e. The Morgan fingerprint density at radius 3 is 2.77 bits per heavy atom. The third-order valence-electron chi connectivity index (χ3n) is 4.53. The number of fused-ring (bicyclic) bond motifs is 1. The Morgan fingerprint density at radius 2 is 2.07 bits per heavy atom. The summed E-state index contributed by atoms with van der Waals surface area (Å²) in [6.07, 6.45) is 3.03. The van der Waals surface area contributed by atoms with Crippen LogP contribution in [0.3, 0.4) is 0 Å².